The highest BCUT2D eigenvalue weighted by Crippen LogP contribution is 2.46. The summed E-state index contributed by atoms with van der Waals surface area (Å²) in [5.41, 5.74) is 3.10. The molecule has 0 fully saturated rings. The van der Waals surface area contributed by atoms with E-state index >= 15 is 0 Å². The second-order valence-corrected chi connectivity index (χ2v) is 9.90. The summed E-state index contributed by atoms with van der Waals surface area (Å²) in [5, 5.41) is 18.3. The van der Waals surface area contributed by atoms with Crippen molar-refractivity contribution in [2.24, 2.45) is 11.3 Å². The van der Waals surface area contributed by atoms with Crippen molar-refractivity contribution < 1.29 is 9.72 Å². The van der Waals surface area contributed by atoms with Crippen LogP contribution in [0.2, 0.25) is 0 Å². The summed E-state index contributed by atoms with van der Waals surface area (Å²) in [6, 6.07) is 6.45. The summed E-state index contributed by atoms with van der Waals surface area (Å²) in [7, 11) is 0. The SMILES string of the molecule is CCC(C)(C)C1CCc2c(sc3c2C(=O)NC(/C=C/c2cccc([N+](=O)[O-])c2)N3)C1. The van der Waals surface area contributed by atoms with E-state index in [-0.39, 0.29) is 17.8 Å². The largest absolute Gasteiger partial charge is 0.353 e. The molecular formula is C23H27N3O3S. The van der Waals surface area contributed by atoms with E-state index in [4.69, 9.17) is 0 Å². The third-order valence-corrected chi connectivity index (χ3v) is 7.83. The first-order chi connectivity index (χ1) is 14.3. The maximum Gasteiger partial charge on any atom is 0.270 e. The van der Waals surface area contributed by atoms with E-state index in [1.54, 1.807) is 29.5 Å². The number of benzene rings is 1. The smallest absolute Gasteiger partial charge is 0.270 e. The molecule has 2 aliphatic rings. The van der Waals surface area contributed by atoms with Crippen LogP contribution in [-0.4, -0.2) is 17.0 Å². The highest BCUT2D eigenvalue weighted by Gasteiger charge is 2.36. The van der Waals surface area contributed by atoms with Crippen LogP contribution >= 0.6 is 11.3 Å². The summed E-state index contributed by atoms with van der Waals surface area (Å²) in [5.74, 6) is 0.603. The van der Waals surface area contributed by atoms with Crippen LogP contribution in [0.5, 0.6) is 0 Å². The van der Waals surface area contributed by atoms with E-state index in [1.165, 1.54) is 22.6 Å². The van der Waals surface area contributed by atoms with Gasteiger partial charge in [-0.2, -0.15) is 0 Å². The first kappa shape index (κ1) is 20.6. The van der Waals surface area contributed by atoms with Gasteiger partial charge in [0, 0.05) is 17.0 Å². The van der Waals surface area contributed by atoms with E-state index in [0.29, 0.717) is 11.3 Å². The van der Waals surface area contributed by atoms with E-state index in [2.05, 4.69) is 31.4 Å². The topological polar surface area (TPSA) is 84.3 Å². The number of thiophene rings is 1. The molecule has 2 N–H and O–H groups in total. The molecule has 0 radical (unpaired) electrons. The second kappa shape index (κ2) is 7.87. The monoisotopic (exact) mass is 425 g/mol. The van der Waals surface area contributed by atoms with Crippen LogP contribution in [0, 0.1) is 21.4 Å². The van der Waals surface area contributed by atoms with Crippen LogP contribution in [-0.2, 0) is 12.8 Å². The van der Waals surface area contributed by atoms with Gasteiger partial charge in [-0.25, -0.2) is 0 Å². The van der Waals surface area contributed by atoms with Gasteiger partial charge in [0.25, 0.3) is 11.6 Å². The Morgan fingerprint density at radius 2 is 2.13 bits per heavy atom. The molecule has 0 spiro atoms. The molecule has 1 aliphatic carbocycles. The van der Waals surface area contributed by atoms with Gasteiger partial charge in [-0.3, -0.25) is 14.9 Å². The van der Waals surface area contributed by atoms with Crippen molar-refractivity contribution in [2.75, 3.05) is 5.32 Å². The molecule has 30 heavy (non-hydrogen) atoms. The molecule has 1 amide bonds. The fourth-order valence-electron chi connectivity index (χ4n) is 4.32. The highest BCUT2D eigenvalue weighted by molar-refractivity contribution is 7.16. The van der Waals surface area contributed by atoms with Gasteiger partial charge in [0.15, 0.2) is 0 Å². The molecule has 0 bridgehead atoms. The second-order valence-electron chi connectivity index (χ2n) is 8.80. The van der Waals surface area contributed by atoms with Gasteiger partial charge >= 0.3 is 0 Å². The number of non-ortho nitro benzene ring substituents is 1. The van der Waals surface area contributed by atoms with Gasteiger partial charge in [-0.05, 0) is 47.8 Å². The number of carbonyl (C=O) groups excluding carboxylic acids is 1. The first-order valence-corrected chi connectivity index (χ1v) is 11.2. The third-order valence-electron chi connectivity index (χ3n) is 6.64. The lowest BCUT2D eigenvalue weighted by Gasteiger charge is -2.36. The minimum Gasteiger partial charge on any atom is -0.353 e. The molecule has 1 aromatic heterocycles. The number of hydrogen-bond acceptors (Lipinski definition) is 5. The third kappa shape index (κ3) is 3.86. The Balaban J connectivity index is 1.53. The molecule has 6 nitrogen and oxygen atoms in total. The maximum absolute atomic E-state index is 12.9. The summed E-state index contributed by atoms with van der Waals surface area (Å²) >= 11 is 1.71. The fraction of sp³-hybridized carbons (Fsp3) is 0.435. The zero-order valence-corrected chi connectivity index (χ0v) is 18.3. The standard InChI is InChI=1S/C23H27N3O3S/c1-4-23(2,3)15-9-10-17-18(13-15)30-22-20(17)21(27)24-19(25-22)11-8-14-6-5-7-16(12-14)26(28)29/h5-8,11-12,15,19,25H,4,9-10,13H2,1-3H3,(H,24,27)/b11-8+. The van der Waals surface area contributed by atoms with Gasteiger partial charge in [-0.15, -0.1) is 11.3 Å². The highest BCUT2D eigenvalue weighted by atomic mass is 32.1. The van der Waals surface area contributed by atoms with Crippen molar-refractivity contribution in [1.29, 1.82) is 0 Å². The number of anilines is 1. The zero-order valence-electron chi connectivity index (χ0n) is 17.5. The maximum atomic E-state index is 12.9. The van der Waals surface area contributed by atoms with E-state index in [0.717, 1.165) is 41.8 Å². The molecule has 2 heterocycles. The number of amides is 1. The predicted molar refractivity (Wildman–Crippen MR) is 121 cm³/mol. The lowest BCUT2D eigenvalue weighted by atomic mass is 9.69. The summed E-state index contributed by atoms with van der Waals surface area (Å²) < 4.78 is 0. The van der Waals surface area contributed by atoms with E-state index < -0.39 is 4.92 Å². The number of nitro groups is 1. The van der Waals surface area contributed by atoms with Crippen LogP contribution in [0.3, 0.4) is 0 Å². The van der Waals surface area contributed by atoms with E-state index in [9.17, 15) is 14.9 Å². The van der Waals surface area contributed by atoms with Crippen LogP contribution < -0.4 is 10.6 Å². The van der Waals surface area contributed by atoms with Gasteiger partial charge in [-0.1, -0.05) is 45.4 Å². The lowest BCUT2D eigenvalue weighted by molar-refractivity contribution is -0.384. The molecule has 2 aromatic rings. The number of nitro benzene ring substituents is 1. The molecule has 158 valence electrons. The molecule has 7 heteroatoms. The Bertz CT molecular complexity index is 1020. The lowest BCUT2D eigenvalue weighted by Crippen LogP contribution is -2.43. The molecule has 1 aliphatic heterocycles. The van der Waals surface area contributed by atoms with Crippen molar-refractivity contribution in [3.05, 3.63) is 62.0 Å². The molecule has 0 saturated carbocycles. The van der Waals surface area contributed by atoms with Crippen LogP contribution in [0.15, 0.2) is 30.3 Å². The van der Waals surface area contributed by atoms with Crippen molar-refractivity contribution >= 4 is 34.0 Å². The summed E-state index contributed by atoms with van der Waals surface area (Å²) in [4.78, 5) is 24.7. The molecule has 2 unspecified atom stereocenters. The average Bonchev–Trinajstić information content (AvgIpc) is 3.10. The van der Waals surface area contributed by atoms with Gasteiger partial charge in [0.05, 0.1) is 10.5 Å². The minimum absolute atomic E-state index is 0.0388. The predicted octanol–water partition coefficient (Wildman–Crippen LogP) is 5.39. The molecule has 0 saturated heterocycles. The molecule has 1 aromatic carbocycles. The molecule has 2 atom stereocenters. The Kier molecular flexibility index (Phi) is 5.40. The van der Waals surface area contributed by atoms with Gasteiger partial charge < -0.3 is 10.6 Å². The number of rotatable bonds is 5. The Hall–Kier alpha value is -2.67. The number of hydrogen-bond donors (Lipinski definition) is 2. The average molecular weight is 426 g/mol. The van der Waals surface area contributed by atoms with Crippen molar-refractivity contribution in [1.82, 2.24) is 5.32 Å². The van der Waals surface area contributed by atoms with Crippen molar-refractivity contribution in [3.63, 3.8) is 0 Å². The van der Waals surface area contributed by atoms with Crippen LogP contribution in [0.1, 0.15) is 60.0 Å². The Morgan fingerprint density at radius 1 is 1.33 bits per heavy atom. The molecular weight excluding hydrogens is 398 g/mol. The normalized spacial score (nSPS) is 21.0. The number of nitrogens with zero attached hydrogens (tertiary/aromatic N) is 1. The van der Waals surface area contributed by atoms with Gasteiger partial charge in [0.2, 0.25) is 0 Å². The van der Waals surface area contributed by atoms with E-state index in [1.807, 2.05) is 6.08 Å². The molecule has 4 rings (SSSR count). The van der Waals surface area contributed by atoms with Crippen LogP contribution in [0.4, 0.5) is 10.7 Å². The fourth-order valence-corrected chi connectivity index (χ4v) is 5.68. The quantitative estimate of drug-likeness (QED) is 0.497. The minimum atomic E-state index is -0.409. The number of carbonyl (C=O) groups is 1. The van der Waals surface area contributed by atoms with Crippen LogP contribution in [0.25, 0.3) is 6.08 Å². The summed E-state index contributed by atoms with van der Waals surface area (Å²) in [6.07, 6.45) is 7.56. The van der Waals surface area contributed by atoms with Crippen molar-refractivity contribution in [2.45, 2.75) is 52.6 Å². The van der Waals surface area contributed by atoms with Crippen molar-refractivity contribution in [3.8, 4) is 0 Å². The zero-order chi connectivity index (χ0) is 21.5. The Labute approximate surface area is 180 Å². The first-order valence-electron chi connectivity index (χ1n) is 10.4. The number of fused-ring (bicyclic) bond motifs is 3. The Morgan fingerprint density at radius 3 is 2.87 bits per heavy atom. The van der Waals surface area contributed by atoms with Gasteiger partial charge in [0.1, 0.15) is 11.2 Å². The number of nitrogens with one attached hydrogen (secondary N) is 2. The summed E-state index contributed by atoms with van der Waals surface area (Å²) in [6.45, 7) is 6.94.